The van der Waals surface area contributed by atoms with Gasteiger partial charge in [-0.2, -0.15) is 0 Å². The smallest absolute Gasteiger partial charge is 0.315 e. The lowest BCUT2D eigenvalue weighted by Crippen LogP contribution is -2.17. The SMILES string of the molecule is COC(=O)CC(=O)Nc1ccc(CCc2ccc(Cl)cc2)cc1. The van der Waals surface area contributed by atoms with E-state index in [9.17, 15) is 9.59 Å². The number of amides is 1. The standard InChI is InChI=1S/C18H18ClNO3/c1-23-18(22)12-17(21)20-16-10-6-14(7-11-16)3-2-13-4-8-15(19)9-5-13/h4-11H,2-3,12H2,1H3,(H,20,21). The first-order chi connectivity index (χ1) is 11.1. The summed E-state index contributed by atoms with van der Waals surface area (Å²) in [7, 11) is 1.26. The number of esters is 1. The van der Waals surface area contributed by atoms with Gasteiger partial charge in [0.05, 0.1) is 7.11 Å². The number of hydrogen-bond donors (Lipinski definition) is 1. The van der Waals surface area contributed by atoms with Gasteiger partial charge in [-0.3, -0.25) is 9.59 Å². The molecule has 0 spiro atoms. The molecule has 4 nitrogen and oxygen atoms in total. The van der Waals surface area contributed by atoms with Crippen LogP contribution in [0.3, 0.4) is 0 Å². The summed E-state index contributed by atoms with van der Waals surface area (Å²) in [5, 5.41) is 3.40. The number of methoxy groups -OCH3 is 1. The number of carbonyl (C=O) groups is 2. The third kappa shape index (κ3) is 5.75. The van der Waals surface area contributed by atoms with Crippen LogP contribution in [0.2, 0.25) is 5.02 Å². The number of nitrogens with one attached hydrogen (secondary N) is 1. The van der Waals surface area contributed by atoms with Crippen molar-refractivity contribution in [2.45, 2.75) is 19.3 Å². The van der Waals surface area contributed by atoms with Crippen LogP contribution in [-0.2, 0) is 27.2 Å². The molecule has 5 heteroatoms. The summed E-state index contributed by atoms with van der Waals surface area (Å²) in [5.41, 5.74) is 3.06. The van der Waals surface area contributed by atoms with Crippen molar-refractivity contribution >= 4 is 29.2 Å². The summed E-state index contributed by atoms with van der Waals surface area (Å²) in [6.07, 6.45) is 1.54. The Balaban J connectivity index is 1.85. The maximum atomic E-state index is 11.6. The highest BCUT2D eigenvalue weighted by Crippen LogP contribution is 2.14. The predicted molar refractivity (Wildman–Crippen MR) is 90.6 cm³/mol. The molecule has 2 aromatic rings. The fraction of sp³-hybridized carbons (Fsp3) is 0.222. The molecule has 23 heavy (non-hydrogen) atoms. The number of benzene rings is 2. The number of rotatable bonds is 6. The van der Waals surface area contributed by atoms with E-state index in [1.54, 1.807) is 0 Å². The van der Waals surface area contributed by atoms with Crippen molar-refractivity contribution in [1.29, 1.82) is 0 Å². The molecule has 0 aliphatic carbocycles. The molecule has 0 saturated carbocycles. The maximum absolute atomic E-state index is 11.6. The third-order valence-electron chi connectivity index (χ3n) is 3.39. The number of aryl methyl sites for hydroxylation is 2. The van der Waals surface area contributed by atoms with Gasteiger partial charge >= 0.3 is 5.97 Å². The van der Waals surface area contributed by atoms with Crippen LogP contribution in [0.1, 0.15) is 17.5 Å². The van der Waals surface area contributed by atoms with E-state index in [-0.39, 0.29) is 12.3 Å². The molecule has 120 valence electrons. The highest BCUT2D eigenvalue weighted by atomic mass is 35.5. The van der Waals surface area contributed by atoms with Gasteiger partial charge in [0.2, 0.25) is 5.91 Å². The lowest BCUT2D eigenvalue weighted by molar-refractivity contribution is -0.142. The highest BCUT2D eigenvalue weighted by Gasteiger charge is 2.09. The van der Waals surface area contributed by atoms with Gasteiger partial charge in [0.1, 0.15) is 6.42 Å². The van der Waals surface area contributed by atoms with Gasteiger partial charge in [-0.1, -0.05) is 35.9 Å². The van der Waals surface area contributed by atoms with Crippen LogP contribution in [0.15, 0.2) is 48.5 Å². The second-order valence-electron chi connectivity index (χ2n) is 5.12. The van der Waals surface area contributed by atoms with E-state index in [0.29, 0.717) is 5.69 Å². The van der Waals surface area contributed by atoms with Crippen LogP contribution in [0.5, 0.6) is 0 Å². The molecule has 0 bridgehead atoms. The van der Waals surface area contributed by atoms with Gasteiger partial charge in [0.15, 0.2) is 0 Å². The molecular formula is C18H18ClNO3. The van der Waals surface area contributed by atoms with Crippen molar-refractivity contribution in [2.24, 2.45) is 0 Å². The Bertz CT molecular complexity index is 666. The second kappa shape index (κ2) is 8.34. The fourth-order valence-corrected chi connectivity index (χ4v) is 2.23. The Morgan fingerprint density at radius 1 is 0.957 bits per heavy atom. The van der Waals surface area contributed by atoms with Crippen LogP contribution in [0.25, 0.3) is 0 Å². The lowest BCUT2D eigenvalue weighted by atomic mass is 10.0. The van der Waals surface area contributed by atoms with Gasteiger partial charge in [0, 0.05) is 10.7 Å². The number of ether oxygens (including phenoxy) is 1. The molecule has 0 aromatic heterocycles. The number of anilines is 1. The van der Waals surface area contributed by atoms with E-state index in [0.717, 1.165) is 17.9 Å². The van der Waals surface area contributed by atoms with E-state index in [4.69, 9.17) is 11.6 Å². The average Bonchev–Trinajstić information content (AvgIpc) is 2.55. The minimum atomic E-state index is -0.554. The molecule has 0 radical (unpaired) electrons. The summed E-state index contributed by atoms with van der Waals surface area (Å²) in [6, 6.07) is 15.4. The minimum absolute atomic E-state index is 0.283. The Morgan fingerprint density at radius 2 is 1.48 bits per heavy atom. The van der Waals surface area contributed by atoms with Crippen LogP contribution in [-0.4, -0.2) is 19.0 Å². The van der Waals surface area contributed by atoms with Crippen molar-refractivity contribution in [2.75, 3.05) is 12.4 Å². The van der Waals surface area contributed by atoms with Crippen LogP contribution < -0.4 is 5.32 Å². The topological polar surface area (TPSA) is 55.4 Å². The molecule has 0 unspecified atom stereocenters. The fourth-order valence-electron chi connectivity index (χ4n) is 2.10. The van der Waals surface area contributed by atoms with Crippen molar-refractivity contribution < 1.29 is 14.3 Å². The molecule has 0 atom stereocenters. The van der Waals surface area contributed by atoms with Gasteiger partial charge in [-0.05, 0) is 48.2 Å². The molecule has 1 amide bonds. The molecule has 0 saturated heterocycles. The van der Waals surface area contributed by atoms with E-state index in [1.165, 1.54) is 18.2 Å². The lowest BCUT2D eigenvalue weighted by Gasteiger charge is -2.06. The molecule has 2 aromatic carbocycles. The van der Waals surface area contributed by atoms with Crippen molar-refractivity contribution in [3.05, 3.63) is 64.7 Å². The molecule has 0 aliphatic heterocycles. The van der Waals surface area contributed by atoms with Gasteiger partial charge < -0.3 is 10.1 Å². The average molecular weight is 332 g/mol. The van der Waals surface area contributed by atoms with E-state index in [2.05, 4.69) is 10.1 Å². The Kier molecular flexibility index (Phi) is 6.18. The summed E-state index contributed by atoms with van der Waals surface area (Å²) < 4.78 is 4.45. The van der Waals surface area contributed by atoms with Gasteiger partial charge in [-0.15, -0.1) is 0 Å². The molecule has 0 aliphatic rings. The normalized spacial score (nSPS) is 10.2. The largest absolute Gasteiger partial charge is 0.469 e. The zero-order valence-electron chi connectivity index (χ0n) is 12.8. The van der Waals surface area contributed by atoms with E-state index >= 15 is 0 Å². The van der Waals surface area contributed by atoms with Crippen molar-refractivity contribution in [1.82, 2.24) is 0 Å². The summed E-state index contributed by atoms with van der Waals surface area (Å²) in [4.78, 5) is 22.6. The van der Waals surface area contributed by atoms with Crippen LogP contribution >= 0.6 is 11.6 Å². The maximum Gasteiger partial charge on any atom is 0.315 e. The molecule has 2 rings (SSSR count). The third-order valence-corrected chi connectivity index (χ3v) is 3.64. The van der Waals surface area contributed by atoms with E-state index in [1.807, 2.05) is 48.5 Å². The first-order valence-corrected chi connectivity index (χ1v) is 7.64. The molecular weight excluding hydrogens is 314 g/mol. The van der Waals surface area contributed by atoms with Gasteiger partial charge in [0.25, 0.3) is 0 Å². The molecule has 0 fully saturated rings. The second-order valence-corrected chi connectivity index (χ2v) is 5.56. The molecule has 0 heterocycles. The summed E-state index contributed by atoms with van der Waals surface area (Å²) >= 11 is 5.87. The van der Waals surface area contributed by atoms with Crippen molar-refractivity contribution in [3.63, 3.8) is 0 Å². The monoisotopic (exact) mass is 331 g/mol. The number of carbonyl (C=O) groups excluding carboxylic acids is 2. The molecule has 1 N–H and O–H groups in total. The highest BCUT2D eigenvalue weighted by molar-refractivity contribution is 6.30. The summed E-state index contributed by atoms with van der Waals surface area (Å²) in [6.45, 7) is 0. The van der Waals surface area contributed by atoms with E-state index < -0.39 is 5.97 Å². The first kappa shape index (κ1) is 17.0. The summed E-state index contributed by atoms with van der Waals surface area (Å²) in [5.74, 6) is -0.937. The zero-order valence-corrected chi connectivity index (χ0v) is 13.6. The van der Waals surface area contributed by atoms with Crippen LogP contribution in [0.4, 0.5) is 5.69 Å². The zero-order chi connectivity index (χ0) is 16.7. The predicted octanol–water partition coefficient (Wildman–Crippen LogP) is 3.63. The quantitative estimate of drug-likeness (QED) is 0.649. The number of hydrogen-bond acceptors (Lipinski definition) is 3. The minimum Gasteiger partial charge on any atom is -0.469 e. The Labute approximate surface area is 140 Å². The Morgan fingerprint density at radius 3 is 2.00 bits per heavy atom. The van der Waals surface area contributed by atoms with Crippen molar-refractivity contribution in [3.8, 4) is 0 Å². The van der Waals surface area contributed by atoms with Gasteiger partial charge in [-0.25, -0.2) is 0 Å². The number of halogens is 1. The Hall–Kier alpha value is -2.33. The first-order valence-electron chi connectivity index (χ1n) is 7.27. The van der Waals surface area contributed by atoms with Crippen LogP contribution in [0, 0.1) is 0 Å².